The van der Waals surface area contributed by atoms with Crippen molar-refractivity contribution in [3.05, 3.63) is 28.9 Å². The molecule has 2 fully saturated rings. The molecule has 1 aromatic carbocycles. The molecule has 2 N–H and O–H groups in total. The van der Waals surface area contributed by atoms with Gasteiger partial charge in [-0.2, -0.15) is 0 Å². The van der Waals surface area contributed by atoms with Gasteiger partial charge in [0.05, 0.1) is 24.3 Å². The Morgan fingerprint density at radius 2 is 2.12 bits per heavy atom. The molecule has 2 aromatic rings. The minimum atomic E-state index is -0.154. The summed E-state index contributed by atoms with van der Waals surface area (Å²) in [6.45, 7) is 3.57. The van der Waals surface area contributed by atoms with Crippen molar-refractivity contribution in [2.45, 2.75) is 45.3 Å². The molecule has 0 bridgehead atoms. The third kappa shape index (κ3) is 3.93. The molecule has 0 atom stereocenters. The van der Waals surface area contributed by atoms with Crippen LogP contribution in [-0.2, 0) is 16.1 Å². The van der Waals surface area contributed by atoms with Crippen LogP contribution in [0, 0.1) is 5.41 Å². The van der Waals surface area contributed by atoms with Crippen LogP contribution in [0.25, 0.3) is 10.9 Å². The molecule has 6 heteroatoms. The molecule has 0 radical (unpaired) electrons. The highest BCUT2D eigenvalue weighted by molar-refractivity contribution is 6.32. The van der Waals surface area contributed by atoms with Crippen LogP contribution < -0.4 is 10.1 Å². The number of aromatic amines is 1. The van der Waals surface area contributed by atoms with Crippen LogP contribution in [-0.4, -0.2) is 30.2 Å². The van der Waals surface area contributed by atoms with Gasteiger partial charge >= 0.3 is 0 Å². The Balaban J connectivity index is 1.38. The number of carbonyl (C=O) groups excluding carboxylic acids is 1. The van der Waals surface area contributed by atoms with Crippen LogP contribution >= 0.6 is 11.6 Å². The second-order valence-corrected chi connectivity index (χ2v) is 7.73. The highest BCUT2D eigenvalue weighted by Crippen LogP contribution is 2.45. The number of benzene rings is 1. The van der Waals surface area contributed by atoms with E-state index in [1.807, 2.05) is 25.1 Å². The van der Waals surface area contributed by atoms with E-state index >= 15 is 0 Å². The van der Waals surface area contributed by atoms with E-state index in [1.165, 1.54) is 0 Å². The number of fused-ring (bicyclic) bond motifs is 1. The summed E-state index contributed by atoms with van der Waals surface area (Å²) in [7, 11) is 0. The summed E-state index contributed by atoms with van der Waals surface area (Å²) in [4.78, 5) is 15.4. The molecule has 1 amide bonds. The maximum Gasteiger partial charge on any atom is 0.226 e. The van der Waals surface area contributed by atoms with Crippen molar-refractivity contribution in [2.75, 3.05) is 13.2 Å². The molecule has 1 heterocycles. The van der Waals surface area contributed by atoms with E-state index in [1.54, 1.807) is 0 Å². The molecule has 2 saturated carbocycles. The van der Waals surface area contributed by atoms with Crippen molar-refractivity contribution >= 4 is 28.4 Å². The van der Waals surface area contributed by atoms with Crippen LogP contribution in [0.3, 0.4) is 0 Å². The normalized spacial score (nSPS) is 18.3. The van der Waals surface area contributed by atoms with Crippen molar-refractivity contribution in [1.29, 1.82) is 0 Å². The van der Waals surface area contributed by atoms with Gasteiger partial charge in [-0.3, -0.25) is 4.79 Å². The maximum atomic E-state index is 12.0. The molecule has 2 aliphatic rings. The molecule has 4 rings (SSSR count). The van der Waals surface area contributed by atoms with Gasteiger partial charge in [0.25, 0.3) is 0 Å². The van der Waals surface area contributed by atoms with Crippen LogP contribution in [0.15, 0.2) is 18.2 Å². The standard InChI is InChI=1S/C19H23ClN2O3/c1-19(4-5-19)18(23)21-11-13-8-12-9-15(20)17(10-16(12)22-13)25-7-6-24-14-2-3-14/h8-10,14,22H,2-7,11H2,1H3,(H,21,23). The Morgan fingerprint density at radius 3 is 2.84 bits per heavy atom. The molecular formula is C19H23ClN2O3. The molecule has 2 aliphatic carbocycles. The molecule has 1 aromatic heterocycles. The average molecular weight is 363 g/mol. The fraction of sp³-hybridized carbons (Fsp3) is 0.526. The van der Waals surface area contributed by atoms with Crippen LogP contribution in [0.2, 0.25) is 5.02 Å². The lowest BCUT2D eigenvalue weighted by atomic mass is 10.1. The molecule has 0 saturated heterocycles. The first-order valence-corrected chi connectivity index (χ1v) is 9.25. The lowest BCUT2D eigenvalue weighted by Crippen LogP contribution is -2.29. The number of amides is 1. The van der Waals surface area contributed by atoms with E-state index in [9.17, 15) is 4.79 Å². The topological polar surface area (TPSA) is 63.4 Å². The number of halogens is 1. The van der Waals surface area contributed by atoms with Gasteiger partial charge in [-0.05, 0) is 37.8 Å². The first-order valence-electron chi connectivity index (χ1n) is 8.87. The van der Waals surface area contributed by atoms with E-state index in [2.05, 4.69) is 10.3 Å². The number of rotatable bonds is 8. The van der Waals surface area contributed by atoms with Crippen molar-refractivity contribution in [2.24, 2.45) is 5.41 Å². The van der Waals surface area contributed by atoms with Crippen molar-refractivity contribution in [1.82, 2.24) is 10.3 Å². The van der Waals surface area contributed by atoms with Gasteiger partial charge in [-0.1, -0.05) is 18.5 Å². The van der Waals surface area contributed by atoms with E-state index in [4.69, 9.17) is 21.1 Å². The SMILES string of the molecule is CC1(C(=O)NCc2cc3cc(Cl)c(OCCOC4CC4)cc3[nH]2)CC1. The summed E-state index contributed by atoms with van der Waals surface area (Å²) in [6, 6.07) is 5.80. The summed E-state index contributed by atoms with van der Waals surface area (Å²) in [5, 5.41) is 4.59. The van der Waals surface area contributed by atoms with E-state index in [-0.39, 0.29) is 11.3 Å². The number of aromatic nitrogens is 1. The Morgan fingerprint density at radius 1 is 1.32 bits per heavy atom. The largest absolute Gasteiger partial charge is 0.490 e. The fourth-order valence-electron chi connectivity index (χ4n) is 2.80. The fourth-order valence-corrected chi connectivity index (χ4v) is 3.03. The first-order chi connectivity index (χ1) is 12.0. The maximum absolute atomic E-state index is 12.0. The van der Waals surface area contributed by atoms with Crippen LogP contribution in [0.1, 0.15) is 38.3 Å². The van der Waals surface area contributed by atoms with Crippen molar-refractivity contribution < 1.29 is 14.3 Å². The Bertz CT molecular complexity index is 793. The molecule has 0 aliphatic heterocycles. The van der Waals surface area contributed by atoms with Gasteiger partial charge in [-0.25, -0.2) is 0 Å². The summed E-state index contributed by atoms with van der Waals surface area (Å²) < 4.78 is 11.3. The lowest BCUT2D eigenvalue weighted by Gasteiger charge is -2.08. The number of hydrogen-bond acceptors (Lipinski definition) is 3. The van der Waals surface area contributed by atoms with Crippen LogP contribution in [0.4, 0.5) is 0 Å². The third-order valence-corrected chi connectivity index (χ3v) is 5.23. The summed E-state index contributed by atoms with van der Waals surface area (Å²) >= 11 is 6.31. The molecule has 0 unspecified atom stereocenters. The second-order valence-electron chi connectivity index (χ2n) is 7.33. The Hall–Kier alpha value is -1.72. The molecule has 134 valence electrons. The third-order valence-electron chi connectivity index (χ3n) is 4.94. The van der Waals surface area contributed by atoms with Gasteiger partial charge in [-0.15, -0.1) is 0 Å². The van der Waals surface area contributed by atoms with Gasteiger partial charge < -0.3 is 19.8 Å². The second kappa shape index (κ2) is 6.54. The smallest absolute Gasteiger partial charge is 0.226 e. The van der Waals surface area contributed by atoms with Crippen molar-refractivity contribution in [3.8, 4) is 5.75 Å². The van der Waals surface area contributed by atoms with Crippen LogP contribution in [0.5, 0.6) is 5.75 Å². The van der Waals surface area contributed by atoms with E-state index < -0.39 is 0 Å². The monoisotopic (exact) mass is 362 g/mol. The van der Waals surface area contributed by atoms with E-state index in [0.29, 0.717) is 36.6 Å². The Labute approximate surface area is 152 Å². The lowest BCUT2D eigenvalue weighted by molar-refractivity contribution is -0.125. The zero-order valence-electron chi connectivity index (χ0n) is 14.4. The molecule has 25 heavy (non-hydrogen) atoms. The highest BCUT2D eigenvalue weighted by atomic mass is 35.5. The number of nitrogens with one attached hydrogen (secondary N) is 2. The first kappa shape index (κ1) is 16.7. The van der Waals surface area contributed by atoms with Crippen molar-refractivity contribution in [3.63, 3.8) is 0 Å². The zero-order valence-corrected chi connectivity index (χ0v) is 15.1. The van der Waals surface area contributed by atoms with Gasteiger partial charge in [0.1, 0.15) is 12.4 Å². The summed E-state index contributed by atoms with van der Waals surface area (Å²) in [5.74, 6) is 0.778. The minimum absolute atomic E-state index is 0.129. The summed E-state index contributed by atoms with van der Waals surface area (Å²) in [6.07, 6.45) is 4.71. The molecule has 5 nitrogen and oxygen atoms in total. The van der Waals surface area contributed by atoms with Gasteiger partial charge in [0.15, 0.2) is 0 Å². The Kier molecular flexibility index (Phi) is 4.38. The van der Waals surface area contributed by atoms with Gasteiger partial charge in [0.2, 0.25) is 5.91 Å². The average Bonchev–Trinajstić information content (AvgIpc) is 3.50. The van der Waals surface area contributed by atoms with Gasteiger partial charge in [0, 0.05) is 28.1 Å². The number of carbonyl (C=O) groups is 1. The molecule has 0 spiro atoms. The predicted molar refractivity (Wildman–Crippen MR) is 97.0 cm³/mol. The van der Waals surface area contributed by atoms with E-state index in [0.717, 1.165) is 42.3 Å². The summed E-state index contributed by atoms with van der Waals surface area (Å²) in [5.41, 5.74) is 1.75. The zero-order chi connectivity index (χ0) is 17.4. The number of ether oxygens (including phenoxy) is 2. The number of hydrogen-bond donors (Lipinski definition) is 2. The molecular weight excluding hydrogens is 340 g/mol. The minimum Gasteiger partial charge on any atom is -0.490 e. The quantitative estimate of drug-likeness (QED) is 0.702. The number of H-pyrrole nitrogens is 1. The predicted octanol–water partition coefficient (Wildman–Crippen LogP) is 3.80. The highest BCUT2D eigenvalue weighted by Gasteiger charge is 2.44.